The summed E-state index contributed by atoms with van der Waals surface area (Å²) in [7, 11) is 0. The van der Waals surface area contributed by atoms with Crippen LogP contribution in [0.4, 0.5) is 0 Å². The maximum absolute atomic E-state index is 5.29. The van der Waals surface area contributed by atoms with Crippen molar-refractivity contribution in [1.29, 1.82) is 0 Å². The van der Waals surface area contributed by atoms with E-state index in [1.54, 1.807) is 18.5 Å². The van der Waals surface area contributed by atoms with Gasteiger partial charge in [-0.15, -0.1) is 6.58 Å². The van der Waals surface area contributed by atoms with Crippen molar-refractivity contribution < 1.29 is 0 Å². The van der Waals surface area contributed by atoms with Crippen LogP contribution < -0.4 is 5.73 Å². The summed E-state index contributed by atoms with van der Waals surface area (Å²) in [5.74, 6) is 0.775. The molecule has 0 unspecified atom stereocenters. The van der Waals surface area contributed by atoms with E-state index in [0.29, 0.717) is 5.70 Å². The minimum absolute atomic E-state index is 0.586. The first-order chi connectivity index (χ1) is 8.93. The van der Waals surface area contributed by atoms with Gasteiger partial charge in [0.1, 0.15) is 0 Å². The Morgan fingerprint density at radius 1 is 1.21 bits per heavy atom. The van der Waals surface area contributed by atoms with Gasteiger partial charge < -0.3 is 5.73 Å². The molecule has 0 fully saturated rings. The monoisotopic (exact) mass is 268 g/mol. The smallest absolute Gasteiger partial charge is 0.0493 e. The van der Waals surface area contributed by atoms with Gasteiger partial charge in [0.2, 0.25) is 0 Å². The zero-order valence-corrected chi connectivity index (χ0v) is 14.5. The molecule has 0 spiro atoms. The quantitative estimate of drug-likeness (QED) is 0.395. The predicted octanol–water partition coefficient (Wildman–Crippen LogP) is 5.72. The molecule has 0 saturated carbocycles. The van der Waals surface area contributed by atoms with Crippen LogP contribution in [0.15, 0.2) is 41.7 Å². The van der Waals surface area contributed by atoms with Crippen molar-refractivity contribution >= 4 is 6.21 Å². The van der Waals surface area contributed by atoms with Gasteiger partial charge >= 0.3 is 0 Å². The van der Waals surface area contributed by atoms with Crippen molar-refractivity contribution in [1.82, 2.24) is 0 Å². The number of rotatable bonds is 4. The summed E-state index contributed by atoms with van der Waals surface area (Å²) in [4.78, 5) is 3.76. The molecule has 0 bridgehead atoms. The molecule has 0 rings (SSSR count). The summed E-state index contributed by atoms with van der Waals surface area (Å²) in [6, 6.07) is 0. The van der Waals surface area contributed by atoms with Crippen molar-refractivity contribution in [3.63, 3.8) is 0 Å². The van der Waals surface area contributed by atoms with Gasteiger partial charge in [0.05, 0.1) is 0 Å². The molecule has 0 aliphatic carbocycles. The van der Waals surface area contributed by atoms with E-state index in [4.69, 9.17) is 5.73 Å². The maximum atomic E-state index is 5.29. The van der Waals surface area contributed by atoms with Crippen LogP contribution in [-0.4, -0.2) is 6.21 Å². The largest absolute Gasteiger partial charge is 0.398 e. The number of allylic oxidation sites excluding steroid dienone is 2. The Labute approximate surface area is 122 Å². The van der Waals surface area contributed by atoms with Crippen molar-refractivity contribution in [3.05, 3.63) is 36.7 Å². The van der Waals surface area contributed by atoms with Crippen molar-refractivity contribution in [2.75, 3.05) is 0 Å². The average Bonchev–Trinajstić information content (AvgIpc) is 2.39. The zero-order chi connectivity index (χ0) is 16.3. The van der Waals surface area contributed by atoms with Crippen LogP contribution in [0.5, 0.6) is 0 Å². The SMILES string of the molecule is C=C(C)CC(C)C.C=C/C(N)=C\N=CC.CC.CC. The van der Waals surface area contributed by atoms with Gasteiger partial charge in [0.15, 0.2) is 0 Å². The van der Waals surface area contributed by atoms with E-state index in [0.717, 1.165) is 5.92 Å². The minimum atomic E-state index is 0.586. The van der Waals surface area contributed by atoms with Crippen LogP contribution in [0.2, 0.25) is 0 Å². The van der Waals surface area contributed by atoms with Gasteiger partial charge in [-0.1, -0.05) is 53.7 Å². The Hall–Kier alpha value is -1.31. The molecule has 0 saturated heterocycles. The van der Waals surface area contributed by atoms with Crippen LogP contribution in [0.1, 0.15) is 61.8 Å². The molecule has 114 valence electrons. The minimum Gasteiger partial charge on any atom is -0.398 e. The third-order valence-corrected chi connectivity index (χ3v) is 1.37. The third-order valence-electron chi connectivity index (χ3n) is 1.37. The van der Waals surface area contributed by atoms with Crippen molar-refractivity contribution in [3.8, 4) is 0 Å². The second-order valence-electron chi connectivity index (χ2n) is 3.80. The fraction of sp³-hybridized carbons (Fsp3) is 0.588. The van der Waals surface area contributed by atoms with E-state index in [1.807, 2.05) is 34.6 Å². The number of hydrogen-bond acceptors (Lipinski definition) is 2. The van der Waals surface area contributed by atoms with E-state index in [-0.39, 0.29) is 0 Å². The Morgan fingerprint density at radius 2 is 1.63 bits per heavy atom. The lowest BCUT2D eigenvalue weighted by molar-refractivity contribution is 0.644. The molecular weight excluding hydrogens is 232 g/mol. The van der Waals surface area contributed by atoms with E-state index >= 15 is 0 Å². The zero-order valence-electron chi connectivity index (χ0n) is 14.5. The highest BCUT2D eigenvalue weighted by molar-refractivity contribution is 5.54. The molecule has 0 aromatic heterocycles. The number of nitrogens with zero attached hydrogens (tertiary/aromatic N) is 1. The van der Waals surface area contributed by atoms with Gasteiger partial charge in [-0.05, 0) is 32.3 Å². The highest BCUT2D eigenvalue weighted by Gasteiger charge is 1.90. The lowest BCUT2D eigenvalue weighted by atomic mass is 10.1. The fourth-order valence-electron chi connectivity index (χ4n) is 0.910. The van der Waals surface area contributed by atoms with Crippen LogP contribution in [-0.2, 0) is 0 Å². The predicted molar refractivity (Wildman–Crippen MR) is 93.6 cm³/mol. The molecule has 2 N–H and O–H groups in total. The van der Waals surface area contributed by atoms with Crippen LogP contribution in [0.3, 0.4) is 0 Å². The lowest BCUT2D eigenvalue weighted by Gasteiger charge is -1.99. The molecule has 0 radical (unpaired) electrons. The molecule has 0 aromatic carbocycles. The molecule has 2 nitrogen and oxygen atoms in total. The first kappa shape index (κ1) is 26.3. The average molecular weight is 268 g/mol. The molecule has 0 aliphatic heterocycles. The summed E-state index contributed by atoms with van der Waals surface area (Å²) in [6.45, 7) is 23.5. The molecule has 2 heteroatoms. The second-order valence-corrected chi connectivity index (χ2v) is 3.80. The maximum Gasteiger partial charge on any atom is 0.0493 e. The van der Waals surface area contributed by atoms with E-state index in [2.05, 4.69) is 38.9 Å². The van der Waals surface area contributed by atoms with Crippen LogP contribution >= 0.6 is 0 Å². The van der Waals surface area contributed by atoms with Gasteiger partial charge in [-0.3, -0.25) is 4.99 Å². The summed E-state index contributed by atoms with van der Waals surface area (Å²) >= 11 is 0. The first-order valence-electron chi connectivity index (χ1n) is 7.14. The topological polar surface area (TPSA) is 38.4 Å². The molecule has 0 heterocycles. The fourth-order valence-corrected chi connectivity index (χ4v) is 0.910. The number of nitrogens with two attached hydrogens (primary N) is 1. The Kier molecular flexibility index (Phi) is 35.3. The van der Waals surface area contributed by atoms with E-state index in [9.17, 15) is 0 Å². The van der Waals surface area contributed by atoms with Crippen molar-refractivity contribution in [2.45, 2.75) is 61.8 Å². The molecule has 0 amide bonds. The van der Waals surface area contributed by atoms with Gasteiger partial charge in [-0.25, -0.2) is 0 Å². The molecule has 0 atom stereocenters. The first-order valence-corrected chi connectivity index (χ1v) is 7.14. The van der Waals surface area contributed by atoms with Gasteiger partial charge in [-0.2, -0.15) is 0 Å². The molecular formula is C17H36N2. The highest BCUT2D eigenvalue weighted by atomic mass is 14.7. The van der Waals surface area contributed by atoms with Crippen LogP contribution in [0.25, 0.3) is 0 Å². The molecule has 0 aromatic rings. The summed E-state index contributed by atoms with van der Waals surface area (Å²) in [5, 5.41) is 0. The van der Waals surface area contributed by atoms with E-state index in [1.165, 1.54) is 12.0 Å². The highest BCUT2D eigenvalue weighted by Crippen LogP contribution is 2.05. The standard InChI is InChI=1S/C7H14.C6H10N2.2C2H6/c1-6(2)5-7(3)4;1-3-6(7)5-8-4-2;2*1-2/h7H,1,5H2,2-4H3;3-5H,1,7H2,2H3;2*1-2H3/b;6-5+,8-4?;;. The summed E-state index contributed by atoms with van der Waals surface area (Å²) in [5.41, 5.74) is 7.16. The Balaban J connectivity index is -0.0000000941. The summed E-state index contributed by atoms with van der Waals surface area (Å²) in [6.07, 6.45) is 5.93. The molecule has 19 heavy (non-hydrogen) atoms. The van der Waals surface area contributed by atoms with Gasteiger partial charge in [0.25, 0.3) is 0 Å². The van der Waals surface area contributed by atoms with Crippen LogP contribution in [0, 0.1) is 5.92 Å². The van der Waals surface area contributed by atoms with Gasteiger partial charge in [0, 0.05) is 18.1 Å². The number of hydrogen-bond donors (Lipinski definition) is 1. The summed E-state index contributed by atoms with van der Waals surface area (Å²) < 4.78 is 0. The third kappa shape index (κ3) is 47.7. The van der Waals surface area contributed by atoms with E-state index < -0.39 is 0 Å². The molecule has 0 aliphatic rings. The van der Waals surface area contributed by atoms with Crippen molar-refractivity contribution in [2.24, 2.45) is 16.6 Å². The Bertz CT molecular complexity index is 236. The lowest BCUT2D eigenvalue weighted by Crippen LogP contribution is -1.89. The number of aliphatic imine (C=N–C) groups is 1. The normalized spacial score (nSPS) is 9.42. The second kappa shape index (κ2) is 25.5. The Morgan fingerprint density at radius 3 is 1.79 bits per heavy atom.